The zero-order valence-electron chi connectivity index (χ0n) is 19.0. The average Bonchev–Trinajstić information content (AvgIpc) is 2.76. The minimum absolute atomic E-state index is 0.0997. The van der Waals surface area contributed by atoms with E-state index in [0.717, 1.165) is 5.56 Å². The fourth-order valence-corrected chi connectivity index (χ4v) is 3.41. The maximum Gasteiger partial charge on any atom is 0.338 e. The van der Waals surface area contributed by atoms with Crippen LogP contribution in [0, 0.1) is 23.0 Å². The van der Waals surface area contributed by atoms with Crippen molar-refractivity contribution in [1.82, 2.24) is 0 Å². The summed E-state index contributed by atoms with van der Waals surface area (Å²) < 4.78 is 40.0. The summed E-state index contributed by atoms with van der Waals surface area (Å²) in [6.45, 7) is 5.75. The Morgan fingerprint density at radius 1 is 0.939 bits per heavy atom. The maximum atomic E-state index is 15.1. The van der Waals surface area contributed by atoms with Crippen LogP contribution in [0.25, 0.3) is 22.3 Å². The molecule has 170 valence electrons. The molecular weight excluding hydrogens is 424 g/mol. The summed E-state index contributed by atoms with van der Waals surface area (Å²) in [7, 11) is 1.58. The van der Waals surface area contributed by atoms with Crippen LogP contribution in [-0.4, -0.2) is 25.3 Å². The molecule has 0 radical (unpaired) electrons. The molecular formula is C27H25F2NO3. The number of nitrogens with zero attached hydrogens (tertiary/aromatic N) is 1. The minimum atomic E-state index is -0.695. The lowest BCUT2D eigenvalue weighted by atomic mass is 9.91. The molecule has 0 N–H and O–H groups in total. The molecule has 0 fully saturated rings. The molecule has 0 aliphatic rings. The van der Waals surface area contributed by atoms with E-state index in [0.29, 0.717) is 35.3 Å². The van der Waals surface area contributed by atoms with Gasteiger partial charge in [-0.05, 0) is 79.8 Å². The molecule has 3 aromatic rings. The Hall–Kier alpha value is -3.56. The van der Waals surface area contributed by atoms with Crippen LogP contribution in [0.1, 0.15) is 42.3 Å². The first-order chi connectivity index (χ1) is 15.6. The molecule has 0 saturated carbocycles. The molecule has 0 atom stereocenters. The van der Waals surface area contributed by atoms with Gasteiger partial charge < -0.3 is 9.47 Å². The first-order valence-corrected chi connectivity index (χ1v) is 10.5. The van der Waals surface area contributed by atoms with E-state index >= 15 is 4.39 Å². The summed E-state index contributed by atoms with van der Waals surface area (Å²) in [5.41, 5.74) is 1.91. The van der Waals surface area contributed by atoms with E-state index in [4.69, 9.17) is 14.7 Å². The van der Waals surface area contributed by atoms with Gasteiger partial charge in [-0.1, -0.05) is 24.3 Å². The largest absolute Gasteiger partial charge is 0.456 e. The van der Waals surface area contributed by atoms with Crippen LogP contribution in [0.15, 0.2) is 54.6 Å². The summed E-state index contributed by atoms with van der Waals surface area (Å²) in [5, 5.41) is 9.05. The number of rotatable bonds is 6. The van der Waals surface area contributed by atoms with E-state index in [1.807, 2.05) is 6.07 Å². The number of esters is 1. The quantitative estimate of drug-likeness (QED) is 0.414. The highest BCUT2D eigenvalue weighted by molar-refractivity contribution is 5.94. The molecule has 0 amide bonds. The van der Waals surface area contributed by atoms with Crippen molar-refractivity contribution < 1.29 is 23.0 Å². The average molecular weight is 449 g/mol. The topological polar surface area (TPSA) is 59.3 Å². The summed E-state index contributed by atoms with van der Waals surface area (Å²) >= 11 is 0. The van der Waals surface area contributed by atoms with Crippen molar-refractivity contribution in [3.63, 3.8) is 0 Å². The third kappa shape index (κ3) is 5.82. The SMILES string of the molecule is COCCc1ccc(-c2ccc(C(=O)OC(C)(C)C)cc2-c2ccc(C#N)c(F)c2)c(F)c1. The Balaban J connectivity index is 2.15. The molecule has 0 saturated heterocycles. The Labute approximate surface area is 192 Å². The number of hydrogen-bond donors (Lipinski definition) is 0. The lowest BCUT2D eigenvalue weighted by Gasteiger charge is -2.20. The van der Waals surface area contributed by atoms with Crippen LogP contribution in [0.3, 0.4) is 0 Å². The standard InChI is InChI=1S/C27H25F2NO3/c1-27(2,3)33-26(31)19-8-10-21(22-9-5-17(11-12-32-4)13-25(22)29)23(14-19)18-6-7-20(16-30)24(28)15-18/h5-10,13-15H,11-12H2,1-4H3. The molecule has 0 spiro atoms. The maximum absolute atomic E-state index is 15.1. The number of hydrogen-bond acceptors (Lipinski definition) is 4. The van der Waals surface area contributed by atoms with E-state index in [1.165, 1.54) is 18.2 Å². The van der Waals surface area contributed by atoms with Gasteiger partial charge in [0.05, 0.1) is 17.7 Å². The number of carbonyl (C=O) groups is 1. The molecule has 0 bridgehead atoms. The normalized spacial score (nSPS) is 11.2. The van der Waals surface area contributed by atoms with Crippen molar-refractivity contribution >= 4 is 5.97 Å². The Morgan fingerprint density at radius 2 is 1.67 bits per heavy atom. The Bertz CT molecular complexity index is 1220. The predicted molar refractivity (Wildman–Crippen MR) is 123 cm³/mol. The van der Waals surface area contributed by atoms with E-state index in [9.17, 15) is 9.18 Å². The molecule has 0 aliphatic heterocycles. The number of carbonyl (C=O) groups excluding carboxylic acids is 1. The predicted octanol–water partition coefficient (Wildman–Crippen LogP) is 6.31. The molecule has 4 nitrogen and oxygen atoms in total. The van der Waals surface area contributed by atoms with Crippen molar-refractivity contribution in [2.75, 3.05) is 13.7 Å². The highest BCUT2D eigenvalue weighted by Crippen LogP contribution is 2.36. The number of nitriles is 1. The third-order valence-electron chi connectivity index (χ3n) is 4.97. The lowest BCUT2D eigenvalue weighted by Crippen LogP contribution is -2.23. The van der Waals surface area contributed by atoms with Gasteiger partial charge in [-0.25, -0.2) is 13.6 Å². The Kier molecular flexibility index (Phi) is 7.25. The second-order valence-corrected chi connectivity index (χ2v) is 8.63. The van der Waals surface area contributed by atoms with E-state index in [2.05, 4.69) is 0 Å². The van der Waals surface area contributed by atoms with Gasteiger partial charge in [-0.15, -0.1) is 0 Å². The van der Waals surface area contributed by atoms with Gasteiger partial charge in [0.2, 0.25) is 0 Å². The minimum Gasteiger partial charge on any atom is -0.456 e. The first-order valence-electron chi connectivity index (χ1n) is 10.5. The molecule has 0 heterocycles. The van der Waals surface area contributed by atoms with E-state index < -0.39 is 23.2 Å². The van der Waals surface area contributed by atoms with Crippen molar-refractivity contribution in [3.05, 3.63) is 82.9 Å². The van der Waals surface area contributed by atoms with Gasteiger partial charge in [0.15, 0.2) is 0 Å². The summed E-state index contributed by atoms with van der Waals surface area (Å²) in [6, 6.07) is 15.6. The molecule has 0 unspecified atom stereocenters. The Morgan fingerprint density at radius 3 is 2.27 bits per heavy atom. The summed E-state index contributed by atoms with van der Waals surface area (Å²) in [6.07, 6.45) is 0.568. The van der Waals surface area contributed by atoms with Gasteiger partial charge in [-0.3, -0.25) is 0 Å². The number of methoxy groups -OCH3 is 1. The molecule has 33 heavy (non-hydrogen) atoms. The van der Waals surface area contributed by atoms with Crippen LogP contribution in [0.5, 0.6) is 0 Å². The molecule has 0 aromatic heterocycles. The molecule has 3 aromatic carbocycles. The molecule has 3 rings (SSSR count). The zero-order valence-corrected chi connectivity index (χ0v) is 19.0. The van der Waals surface area contributed by atoms with Crippen molar-refractivity contribution in [2.24, 2.45) is 0 Å². The van der Waals surface area contributed by atoms with Crippen molar-refractivity contribution in [3.8, 4) is 28.3 Å². The first kappa shape index (κ1) is 24.1. The van der Waals surface area contributed by atoms with Gasteiger partial charge >= 0.3 is 5.97 Å². The van der Waals surface area contributed by atoms with Gasteiger partial charge in [0, 0.05) is 12.7 Å². The van der Waals surface area contributed by atoms with Crippen LogP contribution in [-0.2, 0) is 15.9 Å². The fraction of sp³-hybridized carbons (Fsp3) is 0.259. The zero-order chi connectivity index (χ0) is 24.2. The highest BCUT2D eigenvalue weighted by Gasteiger charge is 2.21. The monoisotopic (exact) mass is 449 g/mol. The van der Waals surface area contributed by atoms with Crippen molar-refractivity contribution in [1.29, 1.82) is 5.26 Å². The van der Waals surface area contributed by atoms with Crippen LogP contribution >= 0.6 is 0 Å². The van der Waals surface area contributed by atoms with Crippen LogP contribution in [0.4, 0.5) is 8.78 Å². The smallest absolute Gasteiger partial charge is 0.338 e. The van der Waals surface area contributed by atoms with E-state index in [-0.39, 0.29) is 11.1 Å². The number of halogens is 2. The van der Waals surface area contributed by atoms with Crippen LogP contribution in [0.2, 0.25) is 0 Å². The highest BCUT2D eigenvalue weighted by atomic mass is 19.1. The van der Waals surface area contributed by atoms with Crippen molar-refractivity contribution in [2.45, 2.75) is 32.8 Å². The molecule has 0 aliphatic carbocycles. The third-order valence-corrected chi connectivity index (χ3v) is 4.97. The summed E-state index contributed by atoms with van der Waals surface area (Å²) in [5.74, 6) is -1.68. The van der Waals surface area contributed by atoms with E-state index in [1.54, 1.807) is 64.3 Å². The van der Waals surface area contributed by atoms with Gasteiger partial charge in [0.1, 0.15) is 23.3 Å². The molecule has 6 heteroatoms. The second-order valence-electron chi connectivity index (χ2n) is 8.63. The lowest BCUT2D eigenvalue weighted by molar-refractivity contribution is 0.00696. The second kappa shape index (κ2) is 9.93. The van der Waals surface area contributed by atoms with Crippen LogP contribution < -0.4 is 0 Å². The fourth-order valence-electron chi connectivity index (χ4n) is 3.41. The van der Waals surface area contributed by atoms with Gasteiger partial charge in [-0.2, -0.15) is 5.26 Å². The van der Waals surface area contributed by atoms with Gasteiger partial charge in [0.25, 0.3) is 0 Å². The number of ether oxygens (including phenoxy) is 2. The summed E-state index contributed by atoms with van der Waals surface area (Å²) in [4.78, 5) is 12.6. The number of benzene rings is 3.